The highest BCUT2D eigenvalue weighted by atomic mass is 28.4. The molecule has 0 aliphatic carbocycles. The summed E-state index contributed by atoms with van der Waals surface area (Å²) in [5.41, 5.74) is 0. The predicted octanol–water partition coefficient (Wildman–Crippen LogP) is 3.35. The quantitative estimate of drug-likeness (QED) is 0.432. The molecule has 1 atom stereocenters. The lowest BCUT2D eigenvalue weighted by molar-refractivity contribution is 0.0341. The molecule has 0 aliphatic rings. The Hall–Kier alpha value is -0.813. The van der Waals surface area contributed by atoms with Crippen LogP contribution >= 0.6 is 0 Å². The molecule has 0 spiro atoms. The van der Waals surface area contributed by atoms with Crippen LogP contribution in [-0.4, -0.2) is 34.3 Å². The van der Waals surface area contributed by atoms with Crippen molar-refractivity contribution in [2.24, 2.45) is 0 Å². The van der Waals surface area contributed by atoms with Gasteiger partial charge >= 0.3 is 6.16 Å². The zero-order valence-electron chi connectivity index (χ0n) is 11.7. The van der Waals surface area contributed by atoms with Gasteiger partial charge in [0.1, 0.15) is 6.10 Å². The Morgan fingerprint density at radius 3 is 2.29 bits per heavy atom. The van der Waals surface area contributed by atoms with Crippen molar-refractivity contribution in [3.63, 3.8) is 0 Å². The maximum absolute atomic E-state index is 11.0. The van der Waals surface area contributed by atoms with Gasteiger partial charge in [-0.05, 0) is 24.2 Å². The molecular weight excluding hydrogens is 236 g/mol. The highest BCUT2D eigenvalue weighted by Crippen LogP contribution is 2.36. The predicted molar refractivity (Wildman–Crippen MR) is 70.6 cm³/mol. The minimum absolute atomic E-state index is 0.129. The molecular formula is C12H24O4Si. The van der Waals surface area contributed by atoms with Gasteiger partial charge in [0.25, 0.3) is 0 Å². The highest BCUT2D eigenvalue weighted by Gasteiger charge is 2.37. The highest BCUT2D eigenvalue weighted by molar-refractivity contribution is 6.74. The fourth-order valence-corrected chi connectivity index (χ4v) is 1.84. The molecule has 0 fully saturated rings. The summed E-state index contributed by atoms with van der Waals surface area (Å²) >= 11 is 0. The van der Waals surface area contributed by atoms with Crippen molar-refractivity contribution in [1.82, 2.24) is 0 Å². The summed E-state index contributed by atoms with van der Waals surface area (Å²) in [5.74, 6) is 0. The molecule has 0 saturated carbocycles. The second-order valence-electron chi connectivity index (χ2n) is 5.42. The molecule has 4 nitrogen and oxygen atoms in total. The fraction of sp³-hybridized carbons (Fsp3) is 0.750. The number of hydrogen-bond donors (Lipinski definition) is 0. The Morgan fingerprint density at radius 2 is 1.94 bits per heavy atom. The first kappa shape index (κ1) is 16.2. The van der Waals surface area contributed by atoms with Crippen molar-refractivity contribution in [2.45, 2.75) is 45.0 Å². The van der Waals surface area contributed by atoms with Crippen molar-refractivity contribution >= 4 is 14.5 Å². The molecule has 0 aromatic rings. The van der Waals surface area contributed by atoms with Crippen molar-refractivity contribution < 1.29 is 18.7 Å². The van der Waals surface area contributed by atoms with Gasteiger partial charge in [-0.15, -0.1) is 0 Å². The summed E-state index contributed by atoms with van der Waals surface area (Å²) in [6, 6.07) is 0. The zero-order chi connectivity index (χ0) is 13.7. The van der Waals surface area contributed by atoms with Crippen LogP contribution in [0.2, 0.25) is 18.1 Å². The Morgan fingerprint density at radius 1 is 1.41 bits per heavy atom. The number of methoxy groups -OCH3 is 1. The molecule has 100 valence electrons. The van der Waals surface area contributed by atoms with Crippen molar-refractivity contribution in [2.75, 3.05) is 13.7 Å². The van der Waals surface area contributed by atoms with Gasteiger partial charge in [0, 0.05) is 0 Å². The Labute approximate surface area is 105 Å². The third-order valence-electron chi connectivity index (χ3n) is 3.09. The molecule has 17 heavy (non-hydrogen) atoms. The van der Waals surface area contributed by atoms with E-state index >= 15 is 0 Å². The van der Waals surface area contributed by atoms with Gasteiger partial charge in [0.15, 0.2) is 8.32 Å². The molecule has 0 aliphatic heterocycles. The van der Waals surface area contributed by atoms with Crippen molar-refractivity contribution in [3.8, 4) is 0 Å². The summed E-state index contributed by atoms with van der Waals surface area (Å²) in [5, 5.41) is 0.129. The first-order valence-corrected chi connectivity index (χ1v) is 8.56. The molecule has 0 rings (SSSR count). The van der Waals surface area contributed by atoms with E-state index in [-0.39, 0.29) is 5.04 Å². The van der Waals surface area contributed by atoms with Gasteiger partial charge in [-0.1, -0.05) is 27.4 Å². The number of carbonyl (C=O) groups is 1. The van der Waals surface area contributed by atoms with Crippen LogP contribution in [0.25, 0.3) is 0 Å². The average molecular weight is 260 g/mol. The number of hydrogen-bond acceptors (Lipinski definition) is 4. The molecule has 0 aromatic heterocycles. The van der Waals surface area contributed by atoms with Crippen LogP contribution in [0.15, 0.2) is 12.7 Å². The molecule has 0 amide bonds. The van der Waals surface area contributed by atoms with E-state index in [0.717, 1.165) is 0 Å². The number of ether oxygens (including phenoxy) is 2. The van der Waals surface area contributed by atoms with Crippen molar-refractivity contribution in [3.05, 3.63) is 12.7 Å². The Kier molecular flexibility index (Phi) is 5.91. The molecule has 0 saturated heterocycles. The molecule has 0 bridgehead atoms. The smallest absolute Gasteiger partial charge is 0.438 e. The molecule has 0 aromatic carbocycles. The zero-order valence-corrected chi connectivity index (χ0v) is 12.7. The first-order valence-electron chi connectivity index (χ1n) is 5.65. The summed E-state index contributed by atoms with van der Waals surface area (Å²) in [4.78, 5) is 11.0. The molecule has 5 heteroatoms. The first-order chi connectivity index (χ1) is 7.64. The average Bonchev–Trinajstić information content (AvgIpc) is 2.22. The van der Waals surface area contributed by atoms with Crippen LogP contribution in [0.3, 0.4) is 0 Å². The standard InChI is InChI=1S/C12H24O4Si/c1-8-10(16-11(13)14-5)9-15-17(6,7)12(2,3)4/h8,10H,1,9H2,2-7H3. The molecule has 0 heterocycles. The second kappa shape index (κ2) is 6.21. The number of rotatable bonds is 5. The Balaban J connectivity index is 4.33. The van der Waals surface area contributed by atoms with E-state index in [4.69, 9.17) is 9.16 Å². The largest absolute Gasteiger partial charge is 0.508 e. The summed E-state index contributed by atoms with van der Waals surface area (Å²) in [6.07, 6.45) is 0.370. The maximum atomic E-state index is 11.0. The van der Waals surface area contributed by atoms with Crippen LogP contribution in [0.4, 0.5) is 4.79 Å². The van der Waals surface area contributed by atoms with E-state index in [0.29, 0.717) is 6.61 Å². The van der Waals surface area contributed by atoms with Crippen LogP contribution in [0.5, 0.6) is 0 Å². The van der Waals surface area contributed by atoms with Crippen LogP contribution in [0.1, 0.15) is 20.8 Å². The van der Waals surface area contributed by atoms with E-state index in [1.54, 1.807) is 6.08 Å². The lowest BCUT2D eigenvalue weighted by Crippen LogP contribution is -2.43. The van der Waals surface area contributed by atoms with Gasteiger partial charge in [-0.25, -0.2) is 4.79 Å². The van der Waals surface area contributed by atoms with Crippen LogP contribution in [-0.2, 0) is 13.9 Å². The van der Waals surface area contributed by atoms with Crippen LogP contribution in [0, 0.1) is 0 Å². The Bertz CT molecular complexity index is 268. The van der Waals surface area contributed by atoms with E-state index in [2.05, 4.69) is 45.2 Å². The minimum Gasteiger partial charge on any atom is -0.438 e. The number of carbonyl (C=O) groups excluding carboxylic acids is 1. The van der Waals surface area contributed by atoms with Gasteiger partial charge in [-0.2, -0.15) is 0 Å². The van der Waals surface area contributed by atoms with E-state index in [9.17, 15) is 4.79 Å². The van der Waals surface area contributed by atoms with E-state index in [1.807, 2.05) is 0 Å². The molecule has 1 unspecified atom stereocenters. The van der Waals surface area contributed by atoms with Crippen LogP contribution < -0.4 is 0 Å². The maximum Gasteiger partial charge on any atom is 0.508 e. The lowest BCUT2D eigenvalue weighted by atomic mass is 10.2. The summed E-state index contributed by atoms with van der Waals surface area (Å²) < 4.78 is 15.3. The SMILES string of the molecule is C=CC(CO[Si](C)(C)C(C)(C)C)OC(=O)OC. The van der Waals surface area contributed by atoms with E-state index < -0.39 is 20.6 Å². The van der Waals surface area contributed by atoms with E-state index in [1.165, 1.54) is 7.11 Å². The van der Waals surface area contributed by atoms with Gasteiger partial charge < -0.3 is 13.9 Å². The van der Waals surface area contributed by atoms with Gasteiger partial charge in [0.2, 0.25) is 0 Å². The van der Waals surface area contributed by atoms with Gasteiger partial charge in [-0.3, -0.25) is 0 Å². The lowest BCUT2D eigenvalue weighted by Gasteiger charge is -2.36. The monoisotopic (exact) mass is 260 g/mol. The topological polar surface area (TPSA) is 44.8 Å². The second-order valence-corrected chi connectivity index (χ2v) is 10.2. The van der Waals surface area contributed by atoms with Gasteiger partial charge in [0.05, 0.1) is 13.7 Å². The fourth-order valence-electron chi connectivity index (χ4n) is 0.829. The summed E-state index contributed by atoms with van der Waals surface area (Å²) in [7, 11) is -0.550. The summed E-state index contributed by atoms with van der Waals surface area (Å²) in [6.45, 7) is 14.7. The van der Waals surface area contributed by atoms with Crippen molar-refractivity contribution in [1.29, 1.82) is 0 Å². The normalized spacial score (nSPS) is 14.0. The third kappa shape index (κ3) is 5.36. The molecule has 0 radical (unpaired) electrons. The minimum atomic E-state index is -1.83. The molecule has 0 N–H and O–H groups in total. The third-order valence-corrected chi connectivity index (χ3v) is 7.59.